The second-order valence-electron chi connectivity index (χ2n) is 5.47. The number of fused-ring (bicyclic) bond motifs is 1. The summed E-state index contributed by atoms with van der Waals surface area (Å²) >= 11 is 0. The van der Waals surface area contributed by atoms with E-state index >= 15 is 0 Å². The molecule has 128 valence electrons. The molecular formula is C19H19N3O3. The molecule has 0 saturated carbocycles. The van der Waals surface area contributed by atoms with Crippen molar-refractivity contribution in [3.8, 4) is 5.75 Å². The van der Waals surface area contributed by atoms with Gasteiger partial charge in [-0.25, -0.2) is 14.8 Å². The quantitative estimate of drug-likeness (QED) is 0.713. The lowest BCUT2D eigenvalue weighted by atomic mass is 10.1. The van der Waals surface area contributed by atoms with Gasteiger partial charge in [0.15, 0.2) is 5.69 Å². The first-order chi connectivity index (χ1) is 12.1. The zero-order valence-corrected chi connectivity index (χ0v) is 14.4. The van der Waals surface area contributed by atoms with Gasteiger partial charge in [0, 0.05) is 11.3 Å². The zero-order chi connectivity index (χ0) is 17.8. The standard InChI is InChI=1S/C19H19N3O3/c1-4-25-19(23)17-12(2)18(21-11-20-17)22-15-7-5-13-6-8-16(24-3)10-14(13)9-15/h5-11H,4H2,1-3H3,(H,20,21,22). The molecule has 2 aromatic carbocycles. The topological polar surface area (TPSA) is 73.3 Å². The zero-order valence-electron chi connectivity index (χ0n) is 14.4. The van der Waals surface area contributed by atoms with Gasteiger partial charge in [-0.05, 0) is 48.9 Å². The smallest absolute Gasteiger partial charge is 0.357 e. The van der Waals surface area contributed by atoms with Crippen LogP contribution in [0.5, 0.6) is 5.75 Å². The summed E-state index contributed by atoms with van der Waals surface area (Å²) in [5.74, 6) is 0.918. The van der Waals surface area contributed by atoms with Gasteiger partial charge in [0.05, 0.1) is 13.7 Å². The third-order valence-electron chi connectivity index (χ3n) is 3.86. The highest BCUT2D eigenvalue weighted by Gasteiger charge is 2.15. The maximum absolute atomic E-state index is 12.0. The number of carbonyl (C=O) groups is 1. The first-order valence-corrected chi connectivity index (χ1v) is 7.96. The first kappa shape index (κ1) is 16.7. The number of methoxy groups -OCH3 is 1. The third kappa shape index (κ3) is 3.52. The highest BCUT2D eigenvalue weighted by Crippen LogP contribution is 2.26. The van der Waals surface area contributed by atoms with Gasteiger partial charge in [-0.1, -0.05) is 12.1 Å². The molecular weight excluding hydrogens is 318 g/mol. The molecule has 6 heteroatoms. The van der Waals surface area contributed by atoms with Crippen LogP contribution in [0.25, 0.3) is 10.8 Å². The van der Waals surface area contributed by atoms with E-state index in [-0.39, 0.29) is 5.69 Å². The Morgan fingerprint density at radius 3 is 2.68 bits per heavy atom. The van der Waals surface area contributed by atoms with Crippen molar-refractivity contribution in [3.05, 3.63) is 54.0 Å². The molecule has 0 aliphatic rings. The predicted octanol–water partition coefficient (Wildman–Crippen LogP) is 3.87. The van der Waals surface area contributed by atoms with Crippen molar-refractivity contribution in [1.82, 2.24) is 9.97 Å². The van der Waals surface area contributed by atoms with Crippen molar-refractivity contribution >= 4 is 28.2 Å². The molecule has 6 nitrogen and oxygen atoms in total. The van der Waals surface area contributed by atoms with E-state index in [2.05, 4.69) is 15.3 Å². The molecule has 1 aromatic heterocycles. The van der Waals surface area contributed by atoms with Gasteiger partial charge in [0.1, 0.15) is 17.9 Å². The summed E-state index contributed by atoms with van der Waals surface area (Å²) in [4.78, 5) is 20.2. The monoisotopic (exact) mass is 337 g/mol. The lowest BCUT2D eigenvalue weighted by Crippen LogP contribution is -2.11. The summed E-state index contributed by atoms with van der Waals surface area (Å²) in [7, 11) is 1.64. The van der Waals surface area contributed by atoms with Gasteiger partial charge in [0.25, 0.3) is 0 Å². The lowest BCUT2D eigenvalue weighted by Gasteiger charge is -2.12. The maximum Gasteiger partial charge on any atom is 0.357 e. The molecule has 0 unspecified atom stereocenters. The Morgan fingerprint density at radius 1 is 1.12 bits per heavy atom. The average Bonchev–Trinajstić information content (AvgIpc) is 2.63. The fourth-order valence-electron chi connectivity index (χ4n) is 2.55. The Morgan fingerprint density at radius 2 is 1.92 bits per heavy atom. The van der Waals surface area contributed by atoms with Gasteiger partial charge in [0.2, 0.25) is 0 Å². The third-order valence-corrected chi connectivity index (χ3v) is 3.86. The van der Waals surface area contributed by atoms with Gasteiger partial charge in [-0.15, -0.1) is 0 Å². The number of ether oxygens (including phenoxy) is 2. The van der Waals surface area contributed by atoms with Gasteiger partial charge >= 0.3 is 5.97 Å². The second kappa shape index (κ2) is 7.17. The van der Waals surface area contributed by atoms with Crippen molar-refractivity contribution in [2.75, 3.05) is 19.0 Å². The van der Waals surface area contributed by atoms with Crippen LogP contribution in [-0.2, 0) is 4.74 Å². The minimum atomic E-state index is -0.450. The minimum Gasteiger partial charge on any atom is -0.497 e. The van der Waals surface area contributed by atoms with Crippen LogP contribution < -0.4 is 10.1 Å². The fraction of sp³-hybridized carbons (Fsp3) is 0.211. The number of esters is 1. The Balaban J connectivity index is 1.93. The predicted molar refractivity (Wildman–Crippen MR) is 96.5 cm³/mol. The molecule has 0 atom stereocenters. The molecule has 25 heavy (non-hydrogen) atoms. The van der Waals surface area contributed by atoms with Crippen LogP contribution in [-0.4, -0.2) is 29.7 Å². The van der Waals surface area contributed by atoms with Crippen molar-refractivity contribution in [2.45, 2.75) is 13.8 Å². The van der Waals surface area contributed by atoms with Crippen LogP contribution in [0.2, 0.25) is 0 Å². The first-order valence-electron chi connectivity index (χ1n) is 7.96. The molecule has 1 heterocycles. The molecule has 0 saturated heterocycles. The number of nitrogens with zero attached hydrogens (tertiary/aromatic N) is 2. The van der Waals surface area contributed by atoms with Gasteiger partial charge in [-0.3, -0.25) is 0 Å². The maximum atomic E-state index is 12.0. The van der Waals surface area contributed by atoms with E-state index in [1.54, 1.807) is 21.0 Å². The molecule has 0 aliphatic heterocycles. The summed E-state index contributed by atoms with van der Waals surface area (Å²) in [6, 6.07) is 11.9. The summed E-state index contributed by atoms with van der Waals surface area (Å²) in [5, 5.41) is 5.39. The Kier molecular flexibility index (Phi) is 4.79. The van der Waals surface area contributed by atoms with Crippen molar-refractivity contribution in [2.24, 2.45) is 0 Å². The number of nitrogens with one attached hydrogen (secondary N) is 1. The van der Waals surface area contributed by atoms with Crippen LogP contribution in [0.3, 0.4) is 0 Å². The number of hydrogen-bond donors (Lipinski definition) is 1. The summed E-state index contributed by atoms with van der Waals surface area (Å²) in [6.45, 7) is 3.85. The van der Waals surface area contributed by atoms with Crippen LogP contribution in [0, 0.1) is 6.92 Å². The van der Waals surface area contributed by atoms with E-state index in [0.29, 0.717) is 18.0 Å². The average molecular weight is 337 g/mol. The molecule has 0 aliphatic carbocycles. The molecule has 0 amide bonds. The number of aromatic nitrogens is 2. The van der Waals surface area contributed by atoms with E-state index in [0.717, 1.165) is 22.2 Å². The number of anilines is 2. The number of benzene rings is 2. The van der Waals surface area contributed by atoms with Crippen molar-refractivity contribution in [1.29, 1.82) is 0 Å². The molecule has 1 N–H and O–H groups in total. The Labute approximate surface area is 145 Å². The fourth-order valence-corrected chi connectivity index (χ4v) is 2.55. The molecule has 3 rings (SSSR count). The van der Waals surface area contributed by atoms with Crippen LogP contribution >= 0.6 is 0 Å². The lowest BCUT2D eigenvalue weighted by molar-refractivity contribution is 0.0518. The highest BCUT2D eigenvalue weighted by atomic mass is 16.5. The van der Waals surface area contributed by atoms with Crippen LogP contribution in [0.1, 0.15) is 23.0 Å². The number of hydrogen-bond acceptors (Lipinski definition) is 6. The second-order valence-corrected chi connectivity index (χ2v) is 5.47. The van der Waals surface area contributed by atoms with E-state index in [1.165, 1.54) is 6.33 Å². The van der Waals surface area contributed by atoms with E-state index in [1.807, 2.05) is 36.4 Å². The molecule has 3 aromatic rings. The van der Waals surface area contributed by atoms with Crippen molar-refractivity contribution < 1.29 is 14.3 Å². The largest absolute Gasteiger partial charge is 0.497 e. The normalized spacial score (nSPS) is 10.5. The van der Waals surface area contributed by atoms with E-state index < -0.39 is 5.97 Å². The molecule has 0 radical (unpaired) electrons. The van der Waals surface area contributed by atoms with Crippen LogP contribution in [0.15, 0.2) is 42.7 Å². The van der Waals surface area contributed by atoms with Crippen molar-refractivity contribution in [3.63, 3.8) is 0 Å². The summed E-state index contributed by atoms with van der Waals surface area (Å²) < 4.78 is 10.3. The van der Waals surface area contributed by atoms with Gasteiger partial charge in [-0.2, -0.15) is 0 Å². The molecule has 0 spiro atoms. The molecule has 0 bridgehead atoms. The molecule has 0 fully saturated rings. The number of rotatable bonds is 5. The highest BCUT2D eigenvalue weighted by molar-refractivity contribution is 5.91. The van der Waals surface area contributed by atoms with E-state index in [9.17, 15) is 4.79 Å². The number of carbonyl (C=O) groups excluding carboxylic acids is 1. The minimum absolute atomic E-state index is 0.266. The van der Waals surface area contributed by atoms with Crippen LogP contribution in [0.4, 0.5) is 11.5 Å². The summed E-state index contributed by atoms with van der Waals surface area (Å²) in [5.41, 5.74) is 1.77. The Bertz CT molecular complexity index is 925. The van der Waals surface area contributed by atoms with Gasteiger partial charge < -0.3 is 14.8 Å². The van der Waals surface area contributed by atoms with E-state index in [4.69, 9.17) is 9.47 Å². The summed E-state index contributed by atoms with van der Waals surface area (Å²) in [6.07, 6.45) is 1.35. The SMILES string of the molecule is CCOC(=O)c1ncnc(Nc2ccc3ccc(OC)cc3c2)c1C. The Hall–Kier alpha value is -3.15.